The molecule has 0 atom stereocenters. The van der Waals surface area contributed by atoms with E-state index in [1.165, 1.54) is 33.0 Å². The Morgan fingerprint density at radius 1 is 0.279 bits per heavy atom. The average Bonchev–Trinajstić information content (AvgIpc) is 3.91. The highest BCUT2D eigenvalue weighted by atomic mass is 16.3. The minimum atomic E-state index is 0.843. The van der Waals surface area contributed by atoms with Gasteiger partial charge in [0, 0.05) is 44.2 Å². The molecule has 61 heavy (non-hydrogen) atoms. The summed E-state index contributed by atoms with van der Waals surface area (Å²) >= 11 is 0. The van der Waals surface area contributed by atoms with Crippen LogP contribution in [0.5, 0.6) is 0 Å². The largest absolute Gasteiger partial charge is 0.456 e. The Labute approximate surface area is 353 Å². The Hall–Kier alpha value is -8.14. The zero-order valence-electron chi connectivity index (χ0n) is 33.1. The van der Waals surface area contributed by atoms with E-state index in [2.05, 4.69) is 205 Å². The van der Waals surface area contributed by atoms with E-state index in [-0.39, 0.29) is 0 Å². The first kappa shape index (κ1) is 34.9. The van der Waals surface area contributed by atoms with Gasteiger partial charge in [0.15, 0.2) is 0 Å². The molecule has 0 spiro atoms. The summed E-state index contributed by atoms with van der Waals surface area (Å²) in [5.41, 5.74) is 15.8. The predicted molar refractivity (Wildman–Crippen MR) is 255 cm³/mol. The van der Waals surface area contributed by atoms with Crippen LogP contribution in [-0.4, -0.2) is 0 Å². The Balaban J connectivity index is 1.01. The Morgan fingerprint density at radius 2 is 0.754 bits per heavy atom. The van der Waals surface area contributed by atoms with E-state index in [1.807, 2.05) is 24.3 Å². The highest BCUT2D eigenvalue weighted by molar-refractivity contribution is 6.27. The third-order valence-electron chi connectivity index (χ3n) is 12.1. The van der Waals surface area contributed by atoms with Crippen LogP contribution >= 0.6 is 0 Å². The first-order chi connectivity index (χ1) is 30.2. The molecule has 3 nitrogen and oxygen atoms in total. The van der Waals surface area contributed by atoms with E-state index in [9.17, 15) is 0 Å². The molecular weight excluding hydrogens is 743 g/mol. The van der Waals surface area contributed by atoms with Gasteiger partial charge in [-0.3, -0.25) is 0 Å². The number of furan rings is 2. The van der Waals surface area contributed by atoms with Gasteiger partial charge in [-0.05, 0) is 123 Å². The van der Waals surface area contributed by atoms with E-state index in [0.29, 0.717) is 0 Å². The van der Waals surface area contributed by atoms with E-state index in [0.717, 1.165) is 83.2 Å². The molecule has 2 aromatic heterocycles. The van der Waals surface area contributed by atoms with Gasteiger partial charge in [-0.1, -0.05) is 152 Å². The minimum absolute atomic E-state index is 0.843. The van der Waals surface area contributed by atoms with Gasteiger partial charge in [0.05, 0.1) is 0 Å². The zero-order valence-corrected chi connectivity index (χ0v) is 33.1. The van der Waals surface area contributed by atoms with Crippen LogP contribution in [0.25, 0.3) is 99.2 Å². The van der Waals surface area contributed by atoms with Crippen LogP contribution in [0.2, 0.25) is 0 Å². The summed E-state index contributed by atoms with van der Waals surface area (Å²) < 4.78 is 13.2. The third kappa shape index (κ3) is 6.06. The number of para-hydroxylation sites is 1. The summed E-state index contributed by atoms with van der Waals surface area (Å²) in [6.07, 6.45) is 0. The van der Waals surface area contributed by atoms with E-state index in [1.54, 1.807) is 0 Å². The molecule has 12 aromatic rings. The summed E-state index contributed by atoms with van der Waals surface area (Å²) in [4.78, 5) is 2.33. The van der Waals surface area contributed by atoms with Crippen molar-refractivity contribution in [2.75, 3.05) is 4.90 Å². The van der Waals surface area contributed by atoms with Crippen molar-refractivity contribution in [2.45, 2.75) is 0 Å². The molecule has 12 rings (SSSR count). The predicted octanol–water partition coefficient (Wildman–Crippen LogP) is 16.8. The molecule has 2 heterocycles. The smallest absolute Gasteiger partial charge is 0.143 e. The molecule has 0 aliphatic rings. The summed E-state index contributed by atoms with van der Waals surface area (Å²) in [6, 6.07) is 79.9. The Morgan fingerprint density at radius 3 is 1.38 bits per heavy atom. The van der Waals surface area contributed by atoms with Crippen LogP contribution in [0, 0.1) is 0 Å². The second-order valence-electron chi connectivity index (χ2n) is 15.7. The minimum Gasteiger partial charge on any atom is -0.456 e. The van der Waals surface area contributed by atoms with Gasteiger partial charge < -0.3 is 13.7 Å². The normalized spacial score (nSPS) is 11.6. The van der Waals surface area contributed by atoms with Crippen molar-refractivity contribution < 1.29 is 8.83 Å². The van der Waals surface area contributed by atoms with Crippen LogP contribution in [0.3, 0.4) is 0 Å². The number of anilines is 3. The van der Waals surface area contributed by atoms with Crippen molar-refractivity contribution in [1.29, 1.82) is 0 Å². The fraction of sp³-hybridized carbons (Fsp3) is 0. The van der Waals surface area contributed by atoms with Crippen molar-refractivity contribution in [3.8, 4) is 44.5 Å². The lowest BCUT2D eigenvalue weighted by molar-refractivity contribution is 0.663. The van der Waals surface area contributed by atoms with Crippen LogP contribution in [0.4, 0.5) is 17.1 Å². The lowest BCUT2D eigenvalue weighted by Crippen LogP contribution is -2.09. The summed E-state index contributed by atoms with van der Waals surface area (Å²) in [5.74, 6) is 0. The summed E-state index contributed by atoms with van der Waals surface area (Å²) in [7, 11) is 0. The second-order valence-corrected chi connectivity index (χ2v) is 15.7. The van der Waals surface area contributed by atoms with Gasteiger partial charge in [-0.2, -0.15) is 0 Å². The highest BCUT2D eigenvalue weighted by Gasteiger charge is 2.21. The fourth-order valence-electron chi connectivity index (χ4n) is 9.04. The maximum absolute atomic E-state index is 6.84. The van der Waals surface area contributed by atoms with Crippen LogP contribution in [0.15, 0.2) is 233 Å². The van der Waals surface area contributed by atoms with Gasteiger partial charge >= 0.3 is 0 Å². The van der Waals surface area contributed by atoms with Gasteiger partial charge in [0.1, 0.15) is 22.3 Å². The molecule has 0 bridgehead atoms. The number of hydrogen-bond donors (Lipinski definition) is 0. The quantitative estimate of drug-likeness (QED) is 0.161. The van der Waals surface area contributed by atoms with Gasteiger partial charge in [-0.15, -0.1) is 0 Å². The molecule has 0 N–H and O–H groups in total. The maximum atomic E-state index is 6.84. The van der Waals surface area contributed by atoms with Crippen molar-refractivity contribution >= 4 is 71.7 Å². The molecule has 0 fully saturated rings. The molecule has 10 aromatic carbocycles. The lowest BCUT2D eigenvalue weighted by Gasteiger charge is -2.26. The topological polar surface area (TPSA) is 29.5 Å². The van der Waals surface area contributed by atoms with Gasteiger partial charge in [-0.25, -0.2) is 0 Å². The number of rotatable bonds is 7. The van der Waals surface area contributed by atoms with E-state index in [4.69, 9.17) is 8.83 Å². The fourth-order valence-corrected chi connectivity index (χ4v) is 9.04. The van der Waals surface area contributed by atoms with Gasteiger partial charge in [0.25, 0.3) is 0 Å². The maximum Gasteiger partial charge on any atom is 0.143 e. The molecular formula is C58H37NO2. The van der Waals surface area contributed by atoms with Crippen LogP contribution in [-0.2, 0) is 0 Å². The molecule has 3 heteroatoms. The summed E-state index contributed by atoms with van der Waals surface area (Å²) in [6.45, 7) is 0. The lowest BCUT2D eigenvalue weighted by atomic mass is 9.93. The van der Waals surface area contributed by atoms with Crippen LogP contribution < -0.4 is 4.90 Å². The van der Waals surface area contributed by atoms with Crippen LogP contribution in [0.1, 0.15) is 0 Å². The van der Waals surface area contributed by atoms with E-state index < -0.39 is 0 Å². The van der Waals surface area contributed by atoms with Crippen molar-refractivity contribution in [3.63, 3.8) is 0 Å². The molecule has 0 radical (unpaired) electrons. The average molecular weight is 780 g/mol. The number of hydrogen-bond acceptors (Lipinski definition) is 3. The number of benzene rings is 10. The molecule has 0 amide bonds. The Bertz CT molecular complexity index is 3460. The summed E-state index contributed by atoms with van der Waals surface area (Å²) in [5, 5.41) is 6.70. The zero-order chi connectivity index (χ0) is 40.3. The Kier molecular flexibility index (Phi) is 8.17. The van der Waals surface area contributed by atoms with Crippen molar-refractivity contribution in [3.05, 3.63) is 224 Å². The third-order valence-corrected chi connectivity index (χ3v) is 12.1. The van der Waals surface area contributed by atoms with E-state index >= 15 is 0 Å². The number of fused-ring (bicyclic) bond motifs is 8. The first-order valence-corrected chi connectivity index (χ1v) is 20.7. The van der Waals surface area contributed by atoms with Gasteiger partial charge in [0.2, 0.25) is 0 Å². The SMILES string of the molecule is c1ccc(-c2ccc(N(c3ccc(-c4ccccc4)cc3)c3ccc(-c4cc(-c5ccc6ccccc6c5)c5oc6ccc7oc8ccccc8c7c6c5c4)cc3)cc2)cc1. The first-order valence-electron chi connectivity index (χ1n) is 20.7. The van der Waals surface area contributed by atoms with Crippen molar-refractivity contribution in [2.24, 2.45) is 0 Å². The molecule has 0 aliphatic heterocycles. The monoisotopic (exact) mass is 779 g/mol. The van der Waals surface area contributed by atoms with Crippen molar-refractivity contribution in [1.82, 2.24) is 0 Å². The standard InChI is InChI=1S/C58H37NO2/c1-3-11-38(12-4-1)41-21-27-47(28-22-41)59(48-29-23-42(24-30-48)39-13-5-2-6-14-39)49-31-25-43(26-32-49)46-36-51(45-20-19-40-15-7-8-16-44(40)35-45)58-52(37-46)57-55(61-58)34-33-54-56(57)50-17-9-10-18-53(50)60-54/h1-37H. The highest BCUT2D eigenvalue weighted by Crippen LogP contribution is 2.45. The molecule has 286 valence electrons. The molecule has 0 aliphatic carbocycles. The molecule has 0 saturated heterocycles. The molecule has 0 saturated carbocycles. The number of nitrogens with zero attached hydrogens (tertiary/aromatic N) is 1. The second kappa shape index (κ2) is 14.3. The molecule has 0 unspecified atom stereocenters.